The molecule has 3 amide bonds. The maximum absolute atomic E-state index is 15.0. The van der Waals surface area contributed by atoms with Gasteiger partial charge in [-0.2, -0.15) is 0 Å². The Morgan fingerprint density at radius 3 is 2.42 bits per heavy atom. The van der Waals surface area contributed by atoms with E-state index in [9.17, 15) is 24.3 Å². The third-order valence-corrected chi connectivity index (χ3v) is 12.2. The number of hydrogen-bond acceptors (Lipinski definition) is 9. The number of fused-ring (bicyclic) bond motifs is 2. The average Bonchev–Trinajstić information content (AvgIpc) is 3.58. The van der Waals surface area contributed by atoms with Crippen molar-refractivity contribution in [3.63, 3.8) is 0 Å². The molecule has 4 aliphatic rings. The fourth-order valence-electron chi connectivity index (χ4n) is 9.13. The van der Waals surface area contributed by atoms with E-state index >= 15 is 4.79 Å². The number of urea groups is 1. The number of nitrogens with zero attached hydrogens (tertiary/aromatic N) is 7. The third kappa shape index (κ3) is 6.13. The number of rotatable bonds is 9. The Morgan fingerprint density at radius 1 is 0.917 bits per heavy atom. The van der Waals surface area contributed by atoms with Crippen LogP contribution >= 0.6 is 0 Å². The Balaban J connectivity index is 1.06. The maximum atomic E-state index is 15.0. The minimum absolute atomic E-state index is 0.0235. The van der Waals surface area contributed by atoms with Gasteiger partial charge in [-0.15, -0.1) is 0 Å². The molecule has 6 aromatic rings. The average molecular weight is 809 g/mol. The van der Waals surface area contributed by atoms with Crippen LogP contribution in [0.3, 0.4) is 0 Å². The first-order valence-corrected chi connectivity index (χ1v) is 20.0. The van der Waals surface area contributed by atoms with E-state index in [0.717, 1.165) is 34.9 Å². The van der Waals surface area contributed by atoms with E-state index in [1.807, 2.05) is 47.0 Å². The van der Waals surface area contributed by atoms with Crippen molar-refractivity contribution in [1.82, 2.24) is 29.2 Å². The van der Waals surface area contributed by atoms with Crippen LogP contribution in [0, 0.1) is 0 Å². The molecule has 60 heavy (non-hydrogen) atoms. The van der Waals surface area contributed by atoms with E-state index in [1.165, 1.54) is 9.47 Å². The van der Waals surface area contributed by atoms with Crippen LogP contribution in [0.5, 0.6) is 0 Å². The second-order valence-electron chi connectivity index (χ2n) is 15.8. The van der Waals surface area contributed by atoms with Crippen LogP contribution in [0.15, 0.2) is 105 Å². The maximum Gasteiger partial charge on any atom is 0.438 e. The van der Waals surface area contributed by atoms with Gasteiger partial charge >= 0.3 is 17.8 Å². The molecule has 1 aliphatic carbocycles. The van der Waals surface area contributed by atoms with Gasteiger partial charge in [0.1, 0.15) is 11.2 Å². The molecule has 0 unspecified atom stereocenters. The molecule has 16 nitrogen and oxygen atoms in total. The van der Waals surface area contributed by atoms with Crippen molar-refractivity contribution in [2.75, 3.05) is 42.6 Å². The number of carboxylic acids is 1. The lowest BCUT2D eigenvalue weighted by atomic mass is 9.91. The number of aromatic amines is 1. The first-order valence-electron chi connectivity index (χ1n) is 20.0. The van der Waals surface area contributed by atoms with Crippen molar-refractivity contribution in [2.45, 2.75) is 50.1 Å². The number of aromatic nitrogens is 5. The zero-order valence-corrected chi connectivity index (χ0v) is 32.5. The summed E-state index contributed by atoms with van der Waals surface area (Å²) in [5.41, 5.74) is 3.87. The van der Waals surface area contributed by atoms with E-state index in [2.05, 4.69) is 28.9 Å². The number of carbonyl (C=O) groups excluding carboxylic acids is 2. The molecule has 16 heteroatoms. The summed E-state index contributed by atoms with van der Waals surface area (Å²) >= 11 is 0. The Kier molecular flexibility index (Phi) is 8.89. The first-order chi connectivity index (χ1) is 29.1. The fraction of sp³-hybridized carbons (Fsp3) is 0.295. The number of nitrogens with one attached hydrogen (secondary N) is 1. The number of hydrogen-bond donors (Lipinski definition) is 2. The number of ether oxygens (including phenoxy) is 1. The molecule has 1 saturated carbocycles. The van der Waals surface area contributed by atoms with E-state index in [0.29, 0.717) is 66.0 Å². The highest BCUT2D eigenvalue weighted by molar-refractivity contribution is 6.05. The highest BCUT2D eigenvalue weighted by Gasteiger charge is 2.56. The van der Waals surface area contributed by atoms with Crippen LogP contribution < -0.4 is 21.1 Å². The van der Waals surface area contributed by atoms with Gasteiger partial charge in [-0.1, -0.05) is 48.1 Å². The lowest BCUT2D eigenvalue weighted by Crippen LogP contribution is -2.43. The summed E-state index contributed by atoms with van der Waals surface area (Å²) in [5.74, 6) is -1.43. The SMILES string of the molecule is C=C1C[C@]1(c1noc(=O)[nH]1)n1c(C(=O)N2CCc3c(nc(N4CCN(c5ccccc5)C4=O)n(-c4cccc(CC(=O)O)c4)c3=O)C2)cc2cc(C3CCOCC3)ccc21. The molecule has 2 N–H and O–H groups in total. The predicted octanol–water partition coefficient (Wildman–Crippen LogP) is 4.73. The number of benzene rings is 3. The molecule has 3 aliphatic heterocycles. The van der Waals surface area contributed by atoms with E-state index < -0.39 is 22.8 Å². The van der Waals surface area contributed by atoms with E-state index in [-0.39, 0.29) is 56.2 Å². The molecular formula is C44H40N8O8. The highest BCUT2D eigenvalue weighted by atomic mass is 16.5. The second-order valence-corrected chi connectivity index (χ2v) is 15.8. The van der Waals surface area contributed by atoms with Gasteiger partial charge in [-0.05, 0) is 84.3 Å². The van der Waals surface area contributed by atoms with Crippen LogP contribution in [0.25, 0.3) is 16.6 Å². The Labute approximate surface area is 341 Å². The normalized spacial score (nSPS) is 19.3. The summed E-state index contributed by atoms with van der Waals surface area (Å²) in [5, 5.41) is 14.4. The highest BCUT2D eigenvalue weighted by Crippen LogP contribution is 2.55. The van der Waals surface area contributed by atoms with Crippen LogP contribution in [-0.2, 0) is 34.5 Å². The molecule has 304 valence electrons. The smallest absolute Gasteiger partial charge is 0.438 e. The van der Waals surface area contributed by atoms with Crippen molar-refractivity contribution in [3.8, 4) is 5.69 Å². The van der Waals surface area contributed by atoms with Gasteiger partial charge in [0, 0.05) is 61.4 Å². The van der Waals surface area contributed by atoms with Gasteiger partial charge in [0.05, 0.1) is 24.3 Å². The van der Waals surface area contributed by atoms with Crippen LogP contribution in [0.4, 0.5) is 16.4 Å². The van der Waals surface area contributed by atoms with Crippen molar-refractivity contribution in [1.29, 1.82) is 0 Å². The zero-order chi connectivity index (χ0) is 41.3. The van der Waals surface area contributed by atoms with Gasteiger partial charge in [-0.25, -0.2) is 19.1 Å². The molecule has 2 saturated heterocycles. The molecule has 3 aromatic heterocycles. The van der Waals surface area contributed by atoms with Crippen LogP contribution in [-0.4, -0.2) is 85.0 Å². The van der Waals surface area contributed by atoms with Crippen molar-refractivity contribution >= 4 is 40.4 Å². The van der Waals surface area contributed by atoms with Crippen LogP contribution in [0.1, 0.15) is 63.9 Å². The van der Waals surface area contributed by atoms with Crippen molar-refractivity contribution < 1.29 is 28.8 Å². The van der Waals surface area contributed by atoms with Crippen molar-refractivity contribution in [3.05, 3.63) is 146 Å². The Hall–Kier alpha value is -7.07. The zero-order valence-electron chi connectivity index (χ0n) is 32.5. The predicted molar refractivity (Wildman–Crippen MR) is 219 cm³/mol. The first kappa shape index (κ1) is 37.2. The lowest BCUT2D eigenvalue weighted by molar-refractivity contribution is -0.136. The number of carbonyl (C=O) groups is 3. The molecular weight excluding hydrogens is 769 g/mol. The number of allylic oxidation sites excluding steroid dienone is 1. The molecule has 0 bridgehead atoms. The fourth-order valence-corrected chi connectivity index (χ4v) is 9.13. The second kappa shape index (κ2) is 14.3. The summed E-state index contributed by atoms with van der Waals surface area (Å²) in [6.45, 7) is 6.36. The molecule has 3 aromatic carbocycles. The van der Waals surface area contributed by atoms with Gasteiger partial charge in [0.15, 0.2) is 5.82 Å². The van der Waals surface area contributed by atoms with Gasteiger partial charge in [0.2, 0.25) is 5.95 Å². The largest absolute Gasteiger partial charge is 0.481 e. The summed E-state index contributed by atoms with van der Waals surface area (Å²) in [6, 6.07) is 23.5. The van der Waals surface area contributed by atoms with Crippen LogP contribution in [0.2, 0.25) is 0 Å². The number of anilines is 2. The quantitative estimate of drug-likeness (QED) is 0.193. The summed E-state index contributed by atoms with van der Waals surface area (Å²) in [4.78, 5) is 80.2. The van der Waals surface area contributed by atoms with E-state index in [4.69, 9.17) is 14.2 Å². The molecule has 0 radical (unpaired) electrons. The summed E-state index contributed by atoms with van der Waals surface area (Å²) in [6.07, 6.45) is 2.13. The minimum Gasteiger partial charge on any atom is -0.481 e. The van der Waals surface area contributed by atoms with Gasteiger partial charge in [0.25, 0.3) is 11.5 Å². The number of H-pyrrole nitrogens is 1. The summed E-state index contributed by atoms with van der Waals surface area (Å²) in [7, 11) is 0. The van der Waals surface area contributed by atoms with E-state index in [1.54, 1.807) is 34.1 Å². The minimum atomic E-state index is -1.03. The molecule has 0 spiro atoms. The monoisotopic (exact) mass is 808 g/mol. The number of amides is 3. The molecule has 1 atom stereocenters. The number of carboxylic acid groups (broad SMARTS) is 1. The van der Waals surface area contributed by atoms with Gasteiger partial charge in [-0.3, -0.25) is 33.7 Å². The third-order valence-electron chi connectivity index (χ3n) is 12.2. The summed E-state index contributed by atoms with van der Waals surface area (Å²) < 4.78 is 13.8. The van der Waals surface area contributed by atoms with Crippen molar-refractivity contribution in [2.24, 2.45) is 0 Å². The molecule has 6 heterocycles. The van der Waals surface area contributed by atoms with Gasteiger partial charge < -0.3 is 19.3 Å². The Morgan fingerprint density at radius 2 is 1.68 bits per heavy atom. The number of aliphatic carboxylic acids is 1. The molecule has 10 rings (SSSR count). The topological polar surface area (TPSA) is 189 Å². The lowest BCUT2D eigenvalue weighted by Gasteiger charge is -2.31. The standard InChI is InChI=1S/C44H40N8O8/c1-26-24-44(26,40-46-42(57)60-47-40)52-35-11-10-29(28-13-18-59-19-14-28)22-30(35)23-36(52)39(56)48-15-12-33-34(25-48)45-41(50-17-16-49(43(50)58)31-7-3-2-4-8-31)51(38(33)55)32-9-5-6-27(20-32)21-37(53)54/h2-11,20,22-23,28H,1,12-19,21,24-25H2,(H,53,54)(H,46,47,57)/t44-/m0/s1. The number of para-hydroxylation sites is 1. The molecule has 3 fully saturated rings. The Bertz CT molecular complexity index is 2870.